The second-order valence-corrected chi connectivity index (χ2v) is 7.41. The molecule has 0 spiro atoms. The third-order valence-electron chi connectivity index (χ3n) is 5.39. The zero-order chi connectivity index (χ0) is 22.9. The third kappa shape index (κ3) is 3.74. The van der Waals surface area contributed by atoms with Crippen LogP contribution in [0.3, 0.4) is 0 Å². The van der Waals surface area contributed by atoms with Gasteiger partial charge in [-0.2, -0.15) is 0 Å². The lowest BCUT2D eigenvalue weighted by Gasteiger charge is -2.15. The molecule has 0 amide bonds. The van der Waals surface area contributed by atoms with E-state index in [-0.39, 0.29) is 16.7 Å². The molecule has 0 aromatic heterocycles. The van der Waals surface area contributed by atoms with Crippen LogP contribution in [0.15, 0.2) is 91.0 Å². The van der Waals surface area contributed by atoms with Gasteiger partial charge in [0.2, 0.25) is 0 Å². The van der Waals surface area contributed by atoms with Crippen molar-refractivity contribution in [1.82, 2.24) is 0 Å². The van der Waals surface area contributed by atoms with E-state index in [0.717, 1.165) is 17.2 Å². The number of carbonyl (C=O) groups is 3. The van der Waals surface area contributed by atoms with Crippen LogP contribution in [0.5, 0.6) is 11.5 Å². The maximum atomic E-state index is 12.9. The summed E-state index contributed by atoms with van der Waals surface area (Å²) in [5.41, 5.74) is 2.49. The van der Waals surface area contributed by atoms with Crippen molar-refractivity contribution in [3.8, 4) is 33.8 Å². The first-order chi connectivity index (χ1) is 16.0. The standard InChI is InChI=1S/C27H16O6/c28-25(29)22-15-18-13-14-21(22)27(31)33-24-8-4-2-6-20(24)17-11-9-16(10-12-17)19-5-1-3-7-23(19)32-26(18)30/h1-15H,(H,28,29). The predicted molar refractivity (Wildman–Crippen MR) is 121 cm³/mol. The molecule has 160 valence electrons. The van der Waals surface area contributed by atoms with E-state index < -0.39 is 17.9 Å². The molecule has 4 aromatic rings. The highest BCUT2D eigenvalue weighted by atomic mass is 16.5. The van der Waals surface area contributed by atoms with E-state index in [1.807, 2.05) is 48.5 Å². The molecule has 0 unspecified atom stereocenters. The van der Waals surface area contributed by atoms with Crippen LogP contribution in [0.4, 0.5) is 0 Å². The molecule has 4 aliphatic heterocycles. The summed E-state index contributed by atoms with van der Waals surface area (Å²) in [5, 5.41) is 9.67. The molecule has 6 heteroatoms. The third-order valence-corrected chi connectivity index (χ3v) is 5.39. The van der Waals surface area contributed by atoms with Crippen LogP contribution in [-0.2, 0) is 0 Å². The fourth-order valence-corrected chi connectivity index (χ4v) is 3.76. The monoisotopic (exact) mass is 436 g/mol. The van der Waals surface area contributed by atoms with Crippen LogP contribution in [0.25, 0.3) is 22.3 Å². The predicted octanol–water partition coefficient (Wildman–Crippen LogP) is 5.47. The van der Waals surface area contributed by atoms with Crippen LogP contribution in [0, 0.1) is 0 Å². The Morgan fingerprint density at radius 1 is 0.576 bits per heavy atom. The fourth-order valence-electron chi connectivity index (χ4n) is 3.76. The van der Waals surface area contributed by atoms with E-state index in [0.29, 0.717) is 22.6 Å². The van der Waals surface area contributed by atoms with Crippen molar-refractivity contribution in [3.63, 3.8) is 0 Å². The van der Waals surface area contributed by atoms with Crippen LogP contribution < -0.4 is 9.47 Å². The average Bonchev–Trinajstić information content (AvgIpc) is 2.84. The minimum atomic E-state index is -1.36. The maximum Gasteiger partial charge on any atom is 0.344 e. The highest BCUT2D eigenvalue weighted by Crippen LogP contribution is 2.35. The smallest absolute Gasteiger partial charge is 0.344 e. The molecule has 33 heavy (non-hydrogen) atoms. The van der Waals surface area contributed by atoms with Crippen molar-refractivity contribution in [2.45, 2.75) is 0 Å². The largest absolute Gasteiger partial charge is 0.478 e. The first-order valence-electron chi connectivity index (χ1n) is 10.1. The number of esters is 2. The van der Waals surface area contributed by atoms with Gasteiger partial charge in [0.15, 0.2) is 0 Å². The van der Waals surface area contributed by atoms with Crippen LogP contribution in [0.1, 0.15) is 31.1 Å². The molecule has 4 heterocycles. The number of carboxylic acid groups (broad SMARTS) is 1. The van der Waals surface area contributed by atoms with Crippen molar-refractivity contribution in [1.29, 1.82) is 0 Å². The number of rotatable bonds is 1. The molecule has 4 aromatic carbocycles. The molecule has 0 radical (unpaired) electrons. The summed E-state index contributed by atoms with van der Waals surface area (Å²) in [4.78, 5) is 37.6. The summed E-state index contributed by atoms with van der Waals surface area (Å²) >= 11 is 0. The van der Waals surface area contributed by atoms with Gasteiger partial charge in [-0.15, -0.1) is 0 Å². The van der Waals surface area contributed by atoms with Gasteiger partial charge in [-0.3, -0.25) is 0 Å². The molecule has 4 aliphatic rings. The Kier molecular flexibility index (Phi) is 4.95. The van der Waals surface area contributed by atoms with Gasteiger partial charge in [0.05, 0.1) is 16.7 Å². The lowest BCUT2D eigenvalue weighted by atomic mass is 9.99. The highest BCUT2D eigenvalue weighted by Gasteiger charge is 2.23. The van der Waals surface area contributed by atoms with Gasteiger partial charge in [0, 0.05) is 11.1 Å². The van der Waals surface area contributed by atoms with Gasteiger partial charge >= 0.3 is 17.9 Å². The Morgan fingerprint density at radius 2 is 1.06 bits per heavy atom. The molecular weight excluding hydrogens is 420 g/mol. The molecule has 0 saturated heterocycles. The number of para-hydroxylation sites is 2. The normalized spacial score (nSPS) is 12.5. The van der Waals surface area contributed by atoms with Gasteiger partial charge < -0.3 is 14.6 Å². The number of hydrogen-bond acceptors (Lipinski definition) is 5. The summed E-state index contributed by atoms with van der Waals surface area (Å²) in [6, 6.07) is 25.4. The van der Waals surface area contributed by atoms with Gasteiger partial charge in [-0.25, -0.2) is 14.4 Å². The van der Waals surface area contributed by atoms with E-state index >= 15 is 0 Å². The van der Waals surface area contributed by atoms with Crippen molar-refractivity contribution in [2.24, 2.45) is 0 Å². The molecule has 0 fully saturated rings. The second kappa shape index (κ2) is 8.09. The Morgan fingerprint density at radius 3 is 1.61 bits per heavy atom. The maximum absolute atomic E-state index is 12.9. The summed E-state index contributed by atoms with van der Waals surface area (Å²) in [5.74, 6) is -2.31. The van der Waals surface area contributed by atoms with E-state index in [1.165, 1.54) is 12.1 Å². The molecule has 0 saturated carbocycles. The van der Waals surface area contributed by atoms with E-state index in [9.17, 15) is 19.5 Å². The SMILES string of the molecule is O=C1Oc2ccccc2-c2ccc(cc2)-c2ccccc2OC(=O)c2ccc1cc2C(=O)O. The van der Waals surface area contributed by atoms with Crippen LogP contribution in [-0.4, -0.2) is 23.0 Å². The number of ether oxygens (including phenoxy) is 2. The first kappa shape index (κ1) is 20.2. The van der Waals surface area contributed by atoms with E-state index in [4.69, 9.17) is 9.47 Å². The minimum absolute atomic E-state index is 0.00148. The summed E-state index contributed by atoms with van der Waals surface area (Å²) < 4.78 is 11.2. The van der Waals surface area contributed by atoms with Crippen molar-refractivity contribution in [3.05, 3.63) is 108 Å². The zero-order valence-corrected chi connectivity index (χ0v) is 17.1. The number of hydrogen-bond donors (Lipinski definition) is 1. The van der Waals surface area contributed by atoms with Gasteiger partial charge in [0.1, 0.15) is 11.5 Å². The van der Waals surface area contributed by atoms with Crippen molar-refractivity contribution in [2.75, 3.05) is 0 Å². The quantitative estimate of drug-likeness (QED) is 0.314. The second-order valence-electron chi connectivity index (χ2n) is 7.41. The number of carbonyl (C=O) groups excluding carboxylic acids is 2. The Bertz CT molecular complexity index is 1420. The lowest BCUT2D eigenvalue weighted by molar-refractivity contribution is 0.0667. The lowest BCUT2D eigenvalue weighted by Crippen LogP contribution is -2.17. The van der Waals surface area contributed by atoms with Gasteiger partial charge in [-0.05, 0) is 41.5 Å². The van der Waals surface area contributed by atoms with Crippen LogP contribution >= 0.6 is 0 Å². The van der Waals surface area contributed by atoms with Gasteiger partial charge in [-0.1, -0.05) is 60.7 Å². The number of carboxylic acids is 1. The molecule has 6 nitrogen and oxygen atoms in total. The first-order valence-corrected chi connectivity index (χ1v) is 10.1. The highest BCUT2D eigenvalue weighted by molar-refractivity contribution is 6.05. The molecule has 8 rings (SSSR count). The summed E-state index contributed by atoms with van der Waals surface area (Å²) in [6.45, 7) is 0. The topological polar surface area (TPSA) is 89.9 Å². The molecule has 4 bridgehead atoms. The van der Waals surface area contributed by atoms with Crippen LogP contribution in [0.2, 0.25) is 0 Å². The molecule has 0 atom stereocenters. The van der Waals surface area contributed by atoms with E-state index in [2.05, 4.69) is 0 Å². The molecule has 1 N–H and O–H groups in total. The minimum Gasteiger partial charge on any atom is -0.478 e. The van der Waals surface area contributed by atoms with Crippen molar-refractivity contribution < 1.29 is 29.0 Å². The average molecular weight is 436 g/mol. The fraction of sp³-hybridized carbons (Fsp3) is 0. The molecular formula is C27H16O6. The van der Waals surface area contributed by atoms with E-state index in [1.54, 1.807) is 24.3 Å². The van der Waals surface area contributed by atoms with Crippen molar-refractivity contribution >= 4 is 17.9 Å². The zero-order valence-electron chi connectivity index (χ0n) is 17.1. The Labute approximate surface area is 188 Å². The Hall–Kier alpha value is -4.71. The summed E-state index contributed by atoms with van der Waals surface area (Å²) in [6.07, 6.45) is 0. The molecule has 0 aliphatic carbocycles. The van der Waals surface area contributed by atoms with Gasteiger partial charge in [0.25, 0.3) is 0 Å². The number of aromatic carboxylic acids is 1. The Balaban J connectivity index is 1.74. The number of benzene rings is 4. The summed E-state index contributed by atoms with van der Waals surface area (Å²) in [7, 11) is 0.